The maximum Gasteiger partial charge on any atom is 0.0593 e. The van der Waals surface area contributed by atoms with Crippen molar-refractivity contribution in [2.75, 3.05) is 46.6 Å². The second kappa shape index (κ2) is 9.78. The van der Waals surface area contributed by atoms with Crippen molar-refractivity contribution in [3.63, 3.8) is 0 Å². The molecular weight excluding hydrogens is 264 g/mol. The van der Waals surface area contributed by atoms with Crippen molar-refractivity contribution in [3.05, 3.63) is 0 Å². The van der Waals surface area contributed by atoms with Crippen LogP contribution in [0.1, 0.15) is 47.0 Å². The van der Waals surface area contributed by atoms with Gasteiger partial charge < -0.3 is 14.8 Å². The van der Waals surface area contributed by atoms with Crippen molar-refractivity contribution in [2.45, 2.75) is 59.0 Å². The summed E-state index contributed by atoms with van der Waals surface area (Å²) in [4.78, 5) is 2.63. The third-order valence-corrected chi connectivity index (χ3v) is 4.36. The molecule has 0 radical (unpaired) electrons. The number of rotatable bonds is 9. The molecule has 0 amide bonds. The smallest absolute Gasteiger partial charge is 0.0593 e. The fraction of sp³-hybridized carbons (Fsp3) is 1.00. The predicted molar refractivity (Wildman–Crippen MR) is 88.8 cm³/mol. The molecular formula is C17H36N2O2. The van der Waals surface area contributed by atoms with Crippen LogP contribution in [0.3, 0.4) is 0 Å². The molecule has 0 bridgehead atoms. The van der Waals surface area contributed by atoms with Crippen LogP contribution in [-0.2, 0) is 9.47 Å². The van der Waals surface area contributed by atoms with Crippen LogP contribution in [0.2, 0.25) is 0 Å². The summed E-state index contributed by atoms with van der Waals surface area (Å²) in [6.45, 7) is 15.0. The molecule has 0 aromatic heterocycles. The molecule has 0 aromatic carbocycles. The molecule has 0 aromatic rings. The minimum atomic E-state index is 0.314. The van der Waals surface area contributed by atoms with Crippen molar-refractivity contribution >= 4 is 0 Å². The zero-order chi connectivity index (χ0) is 15.7. The molecule has 126 valence electrons. The van der Waals surface area contributed by atoms with Gasteiger partial charge >= 0.3 is 0 Å². The first kappa shape index (κ1) is 18.9. The third kappa shape index (κ3) is 7.09. The third-order valence-electron chi connectivity index (χ3n) is 4.36. The Labute approximate surface area is 131 Å². The van der Waals surface area contributed by atoms with Crippen LogP contribution < -0.4 is 5.32 Å². The minimum Gasteiger partial charge on any atom is -0.385 e. The second-order valence-corrected chi connectivity index (χ2v) is 7.22. The molecule has 4 nitrogen and oxygen atoms in total. The molecule has 1 fully saturated rings. The highest BCUT2D eigenvalue weighted by Gasteiger charge is 2.33. The van der Waals surface area contributed by atoms with Crippen LogP contribution in [0.25, 0.3) is 0 Å². The molecule has 2 unspecified atom stereocenters. The van der Waals surface area contributed by atoms with Crippen LogP contribution in [0.4, 0.5) is 0 Å². The SMILES string of the molecule is CCCC1CNC(C(C)(C)C)CN1CCOCCCOC. The van der Waals surface area contributed by atoms with Crippen LogP contribution in [-0.4, -0.2) is 63.5 Å². The van der Waals surface area contributed by atoms with E-state index in [1.165, 1.54) is 12.8 Å². The number of piperazine rings is 1. The Morgan fingerprint density at radius 3 is 2.57 bits per heavy atom. The molecule has 1 heterocycles. The molecule has 1 aliphatic heterocycles. The van der Waals surface area contributed by atoms with Gasteiger partial charge in [-0.15, -0.1) is 0 Å². The van der Waals surface area contributed by atoms with Crippen molar-refractivity contribution < 1.29 is 9.47 Å². The molecule has 1 N–H and O–H groups in total. The molecule has 4 heteroatoms. The molecule has 1 aliphatic rings. The molecule has 0 spiro atoms. The molecule has 21 heavy (non-hydrogen) atoms. The van der Waals surface area contributed by atoms with Gasteiger partial charge in [-0.1, -0.05) is 34.1 Å². The van der Waals surface area contributed by atoms with E-state index < -0.39 is 0 Å². The van der Waals surface area contributed by atoms with Gasteiger partial charge in [0.1, 0.15) is 0 Å². The number of nitrogens with zero attached hydrogens (tertiary/aromatic N) is 1. The molecule has 1 rings (SSSR count). The van der Waals surface area contributed by atoms with Gasteiger partial charge in [-0.2, -0.15) is 0 Å². The van der Waals surface area contributed by atoms with E-state index in [0.717, 1.165) is 45.9 Å². The van der Waals surface area contributed by atoms with E-state index in [1.807, 2.05) is 0 Å². The fourth-order valence-electron chi connectivity index (χ4n) is 2.92. The van der Waals surface area contributed by atoms with Gasteiger partial charge in [0.15, 0.2) is 0 Å². The van der Waals surface area contributed by atoms with Crippen molar-refractivity contribution in [1.82, 2.24) is 10.2 Å². The minimum absolute atomic E-state index is 0.314. The summed E-state index contributed by atoms with van der Waals surface area (Å²) in [5.74, 6) is 0. The summed E-state index contributed by atoms with van der Waals surface area (Å²) in [6, 6.07) is 1.23. The summed E-state index contributed by atoms with van der Waals surface area (Å²) in [5, 5.41) is 3.74. The number of nitrogens with one attached hydrogen (secondary N) is 1. The largest absolute Gasteiger partial charge is 0.385 e. The van der Waals surface area contributed by atoms with Gasteiger partial charge in [-0.25, -0.2) is 0 Å². The summed E-state index contributed by atoms with van der Waals surface area (Å²) in [5.41, 5.74) is 0.314. The maximum atomic E-state index is 5.74. The zero-order valence-corrected chi connectivity index (χ0v) is 14.8. The summed E-state index contributed by atoms with van der Waals surface area (Å²) < 4.78 is 10.8. The average Bonchev–Trinajstić information content (AvgIpc) is 2.43. The average molecular weight is 300 g/mol. The normalized spacial score (nSPS) is 24.4. The Balaban J connectivity index is 2.37. The van der Waals surface area contributed by atoms with Gasteiger partial charge in [0.25, 0.3) is 0 Å². The van der Waals surface area contributed by atoms with Gasteiger partial charge in [-0.3, -0.25) is 4.90 Å². The Morgan fingerprint density at radius 1 is 1.19 bits per heavy atom. The first-order chi connectivity index (χ1) is 9.99. The Hall–Kier alpha value is -0.160. The van der Waals surface area contributed by atoms with Crippen molar-refractivity contribution in [1.29, 1.82) is 0 Å². The Kier molecular flexibility index (Phi) is 8.79. The van der Waals surface area contributed by atoms with Crippen molar-refractivity contribution in [2.24, 2.45) is 5.41 Å². The summed E-state index contributed by atoms with van der Waals surface area (Å²) in [6.07, 6.45) is 3.51. The van der Waals surface area contributed by atoms with Crippen molar-refractivity contribution in [3.8, 4) is 0 Å². The lowest BCUT2D eigenvalue weighted by molar-refractivity contribution is 0.0384. The topological polar surface area (TPSA) is 33.7 Å². The van der Waals surface area contributed by atoms with Gasteiger partial charge in [0.05, 0.1) is 6.61 Å². The zero-order valence-electron chi connectivity index (χ0n) is 14.8. The number of hydrogen-bond acceptors (Lipinski definition) is 4. The van der Waals surface area contributed by atoms with Crippen LogP contribution in [0.5, 0.6) is 0 Å². The number of hydrogen-bond donors (Lipinski definition) is 1. The van der Waals surface area contributed by atoms with E-state index >= 15 is 0 Å². The van der Waals surface area contributed by atoms with Crippen LogP contribution in [0, 0.1) is 5.41 Å². The summed E-state index contributed by atoms with van der Waals surface area (Å²) >= 11 is 0. The highest BCUT2D eigenvalue weighted by atomic mass is 16.5. The highest BCUT2D eigenvalue weighted by Crippen LogP contribution is 2.24. The van der Waals surface area contributed by atoms with E-state index in [-0.39, 0.29) is 0 Å². The second-order valence-electron chi connectivity index (χ2n) is 7.22. The van der Waals surface area contributed by atoms with Gasteiger partial charge in [0, 0.05) is 52.0 Å². The molecule has 2 atom stereocenters. The van der Waals surface area contributed by atoms with Gasteiger partial charge in [-0.05, 0) is 18.3 Å². The lowest BCUT2D eigenvalue weighted by Crippen LogP contribution is -2.60. The number of methoxy groups -OCH3 is 1. The monoisotopic (exact) mass is 300 g/mol. The maximum absolute atomic E-state index is 5.74. The Morgan fingerprint density at radius 2 is 1.95 bits per heavy atom. The summed E-state index contributed by atoms with van der Waals surface area (Å²) in [7, 11) is 1.74. The highest BCUT2D eigenvalue weighted by molar-refractivity contribution is 4.91. The predicted octanol–water partition coefficient (Wildman–Crippen LogP) is 2.53. The van der Waals surface area contributed by atoms with E-state index in [1.54, 1.807) is 7.11 Å². The van der Waals surface area contributed by atoms with Gasteiger partial charge in [0.2, 0.25) is 0 Å². The van der Waals surface area contributed by atoms with Crippen LogP contribution >= 0.6 is 0 Å². The van der Waals surface area contributed by atoms with Crippen LogP contribution in [0.15, 0.2) is 0 Å². The molecule has 0 saturated carbocycles. The van der Waals surface area contributed by atoms with E-state index in [2.05, 4.69) is 37.9 Å². The van der Waals surface area contributed by atoms with E-state index in [0.29, 0.717) is 17.5 Å². The Bertz CT molecular complexity index is 266. The fourth-order valence-corrected chi connectivity index (χ4v) is 2.92. The lowest BCUT2D eigenvalue weighted by atomic mass is 9.84. The number of ether oxygens (including phenoxy) is 2. The standard InChI is InChI=1S/C17H36N2O2/c1-6-8-15-13-18-16(17(2,3)4)14-19(15)9-12-21-11-7-10-20-5/h15-16,18H,6-14H2,1-5H3. The van der Waals surface area contributed by atoms with E-state index in [9.17, 15) is 0 Å². The molecule has 1 saturated heterocycles. The first-order valence-electron chi connectivity index (χ1n) is 8.53. The quantitative estimate of drug-likeness (QED) is 0.664. The first-order valence-corrected chi connectivity index (χ1v) is 8.53. The molecule has 0 aliphatic carbocycles. The van der Waals surface area contributed by atoms with E-state index in [4.69, 9.17) is 9.47 Å². The lowest BCUT2D eigenvalue weighted by Gasteiger charge is -2.45.